The number of hydrogen-bond acceptors (Lipinski definition) is 4. The van der Waals surface area contributed by atoms with Gasteiger partial charge in [0.15, 0.2) is 0 Å². The second-order valence-electron chi connectivity index (χ2n) is 7.11. The van der Waals surface area contributed by atoms with E-state index in [4.69, 9.17) is 0 Å². The van der Waals surface area contributed by atoms with Crippen molar-refractivity contribution in [2.24, 2.45) is 5.41 Å². The van der Waals surface area contributed by atoms with Crippen LogP contribution in [0, 0.1) is 18.2 Å². The topological polar surface area (TPSA) is 77.9 Å². The van der Waals surface area contributed by atoms with Gasteiger partial charge in [-0.25, -0.2) is 12.8 Å². The average Bonchev–Trinajstić information content (AvgIpc) is 2.56. The highest BCUT2D eigenvalue weighted by Crippen LogP contribution is 2.43. The zero-order chi connectivity index (χ0) is 18.4. The monoisotopic (exact) mass is 370 g/mol. The van der Waals surface area contributed by atoms with Crippen LogP contribution in [0.2, 0.25) is 0 Å². The molecule has 2 saturated heterocycles. The Morgan fingerprint density at radius 2 is 2.04 bits per heavy atom. The molecule has 1 N–H and O–H groups in total. The molecule has 0 spiro atoms. The van der Waals surface area contributed by atoms with Crippen molar-refractivity contribution in [1.29, 1.82) is 0 Å². The molecule has 2 heterocycles. The lowest BCUT2D eigenvalue weighted by atomic mass is 9.69. The van der Waals surface area contributed by atoms with E-state index in [1.165, 1.54) is 16.4 Å². The van der Waals surface area contributed by atoms with Crippen LogP contribution in [-0.4, -0.2) is 61.4 Å². The quantitative estimate of drug-likeness (QED) is 0.876. The Bertz CT molecular complexity index is 798. The normalized spacial score (nSPS) is 28.5. The van der Waals surface area contributed by atoms with Crippen LogP contribution in [0.25, 0.3) is 0 Å². The van der Waals surface area contributed by atoms with E-state index < -0.39 is 33.3 Å². The van der Waals surface area contributed by atoms with Crippen molar-refractivity contribution in [1.82, 2.24) is 9.21 Å². The summed E-state index contributed by atoms with van der Waals surface area (Å²) in [5, 5.41) is 9.77. The van der Waals surface area contributed by atoms with E-state index in [9.17, 15) is 22.7 Å². The third-order valence-corrected chi connectivity index (χ3v) is 7.50. The van der Waals surface area contributed by atoms with Crippen LogP contribution in [0.4, 0.5) is 4.39 Å². The van der Waals surface area contributed by atoms with Gasteiger partial charge in [-0.05, 0) is 57.5 Å². The summed E-state index contributed by atoms with van der Waals surface area (Å²) in [7, 11) is -2.18. The molecular weight excluding hydrogens is 347 g/mol. The summed E-state index contributed by atoms with van der Waals surface area (Å²) in [5.74, 6) is -1.65. The summed E-state index contributed by atoms with van der Waals surface area (Å²) in [6, 6.07) is 3.60. The summed E-state index contributed by atoms with van der Waals surface area (Å²) in [6.07, 6.45) is 1.56. The Labute approximate surface area is 147 Å². The van der Waals surface area contributed by atoms with Gasteiger partial charge < -0.3 is 10.0 Å². The fourth-order valence-corrected chi connectivity index (χ4v) is 5.72. The van der Waals surface area contributed by atoms with Gasteiger partial charge >= 0.3 is 5.97 Å². The summed E-state index contributed by atoms with van der Waals surface area (Å²) in [6.45, 7) is 2.59. The number of piperidine rings is 2. The first-order chi connectivity index (χ1) is 11.7. The lowest BCUT2D eigenvalue weighted by Crippen LogP contribution is -2.63. The first-order valence-corrected chi connectivity index (χ1v) is 9.82. The number of carbonyl (C=O) groups is 1. The summed E-state index contributed by atoms with van der Waals surface area (Å²) in [5.41, 5.74) is -0.267. The third-order valence-electron chi connectivity index (χ3n) is 5.62. The smallest absolute Gasteiger partial charge is 0.311 e. The Balaban J connectivity index is 1.95. The van der Waals surface area contributed by atoms with E-state index in [1.807, 2.05) is 11.9 Å². The zero-order valence-electron chi connectivity index (χ0n) is 14.4. The predicted octanol–water partition coefficient (Wildman–Crippen LogP) is 1.69. The van der Waals surface area contributed by atoms with E-state index >= 15 is 0 Å². The highest BCUT2D eigenvalue weighted by atomic mass is 32.2. The van der Waals surface area contributed by atoms with Gasteiger partial charge in [0.05, 0.1) is 5.41 Å². The van der Waals surface area contributed by atoms with Crippen LogP contribution in [0.3, 0.4) is 0 Å². The number of likely N-dealkylation sites (N-methyl/N-ethyl adjacent to an activating group) is 1. The van der Waals surface area contributed by atoms with Crippen LogP contribution in [0.1, 0.15) is 24.8 Å². The number of aryl methyl sites for hydroxylation is 1. The van der Waals surface area contributed by atoms with Crippen LogP contribution < -0.4 is 0 Å². The molecule has 2 aliphatic heterocycles. The van der Waals surface area contributed by atoms with Gasteiger partial charge in [0.25, 0.3) is 0 Å². The van der Waals surface area contributed by atoms with Crippen molar-refractivity contribution in [3.8, 4) is 0 Å². The molecule has 0 aromatic heterocycles. The van der Waals surface area contributed by atoms with E-state index in [0.29, 0.717) is 12.0 Å². The fraction of sp³-hybridized carbons (Fsp3) is 0.588. The fourth-order valence-electron chi connectivity index (χ4n) is 4.12. The maximum Gasteiger partial charge on any atom is 0.311 e. The average molecular weight is 370 g/mol. The lowest BCUT2D eigenvalue weighted by Gasteiger charge is -2.51. The van der Waals surface area contributed by atoms with Crippen LogP contribution >= 0.6 is 0 Å². The van der Waals surface area contributed by atoms with Crippen molar-refractivity contribution in [3.05, 3.63) is 29.6 Å². The molecule has 0 amide bonds. The van der Waals surface area contributed by atoms with Gasteiger partial charge in [0.1, 0.15) is 10.7 Å². The minimum absolute atomic E-state index is 0.0680. The van der Waals surface area contributed by atoms with Gasteiger partial charge in [-0.2, -0.15) is 4.31 Å². The predicted molar refractivity (Wildman–Crippen MR) is 90.2 cm³/mol. The minimum Gasteiger partial charge on any atom is -0.481 e. The van der Waals surface area contributed by atoms with Crippen LogP contribution in [-0.2, 0) is 14.8 Å². The molecule has 0 saturated carbocycles. The van der Waals surface area contributed by atoms with Gasteiger partial charge in [0.2, 0.25) is 10.0 Å². The van der Waals surface area contributed by atoms with Crippen LogP contribution in [0.15, 0.2) is 23.1 Å². The second-order valence-corrected chi connectivity index (χ2v) is 9.01. The molecule has 0 bridgehead atoms. The van der Waals surface area contributed by atoms with E-state index in [1.54, 1.807) is 6.92 Å². The number of aliphatic carboxylic acids is 1. The highest BCUT2D eigenvalue weighted by Gasteiger charge is 2.53. The molecule has 0 aliphatic carbocycles. The number of hydrogen-bond donors (Lipinski definition) is 1. The van der Waals surface area contributed by atoms with Crippen molar-refractivity contribution in [3.63, 3.8) is 0 Å². The van der Waals surface area contributed by atoms with E-state index in [-0.39, 0.29) is 24.4 Å². The van der Waals surface area contributed by atoms with E-state index in [2.05, 4.69) is 0 Å². The summed E-state index contributed by atoms with van der Waals surface area (Å²) in [4.78, 5) is 13.5. The number of benzene rings is 1. The second kappa shape index (κ2) is 6.34. The van der Waals surface area contributed by atoms with Crippen molar-refractivity contribution in [2.45, 2.75) is 37.1 Å². The zero-order valence-corrected chi connectivity index (χ0v) is 15.2. The molecule has 25 heavy (non-hydrogen) atoms. The first-order valence-electron chi connectivity index (χ1n) is 8.38. The number of carboxylic acids is 1. The van der Waals surface area contributed by atoms with Gasteiger partial charge in [-0.15, -0.1) is 0 Å². The molecule has 2 fully saturated rings. The largest absolute Gasteiger partial charge is 0.481 e. The van der Waals surface area contributed by atoms with Crippen molar-refractivity contribution < 1.29 is 22.7 Å². The third kappa shape index (κ3) is 2.96. The Morgan fingerprint density at radius 1 is 1.32 bits per heavy atom. The number of rotatable bonds is 3. The molecule has 1 aromatic carbocycles. The number of fused-ring (bicyclic) bond motifs is 1. The van der Waals surface area contributed by atoms with Gasteiger partial charge in [-0.3, -0.25) is 4.79 Å². The number of carboxylic acid groups (broad SMARTS) is 1. The number of sulfonamides is 1. The molecule has 6 nitrogen and oxygen atoms in total. The molecule has 138 valence electrons. The number of likely N-dealkylation sites (tertiary alicyclic amines) is 1. The molecule has 3 rings (SSSR count). The Kier molecular flexibility index (Phi) is 4.63. The molecule has 0 radical (unpaired) electrons. The van der Waals surface area contributed by atoms with Crippen molar-refractivity contribution >= 4 is 16.0 Å². The van der Waals surface area contributed by atoms with Crippen LogP contribution in [0.5, 0.6) is 0 Å². The maximum atomic E-state index is 14.1. The standard InChI is InChI=1S/C17H23FN2O4S/c1-12-4-5-13(18)14(10-12)25(23,24)20-9-7-17(16(21)22)6-3-8-19(2)15(17)11-20/h4-5,10,15H,3,6-9,11H2,1-2H3,(H,21,22)/t15-,17+/m1/s1. The highest BCUT2D eigenvalue weighted by molar-refractivity contribution is 7.89. The summed E-state index contributed by atoms with van der Waals surface area (Å²) < 4.78 is 41.2. The lowest BCUT2D eigenvalue weighted by molar-refractivity contribution is -0.160. The molecule has 0 unspecified atom stereocenters. The minimum atomic E-state index is -4.00. The molecule has 2 atom stereocenters. The molecule has 8 heteroatoms. The SMILES string of the molecule is Cc1ccc(F)c(S(=O)(=O)N2CC[C@@]3(C(=O)O)CCCN(C)[C@@H]3C2)c1. The Morgan fingerprint density at radius 3 is 2.72 bits per heavy atom. The van der Waals surface area contributed by atoms with Crippen molar-refractivity contribution in [2.75, 3.05) is 26.7 Å². The molecule has 1 aromatic rings. The summed E-state index contributed by atoms with van der Waals surface area (Å²) >= 11 is 0. The van der Waals surface area contributed by atoms with Gasteiger partial charge in [0, 0.05) is 19.1 Å². The maximum absolute atomic E-state index is 14.1. The van der Waals surface area contributed by atoms with Gasteiger partial charge in [-0.1, -0.05) is 6.07 Å². The molecule has 2 aliphatic rings. The Hall–Kier alpha value is -1.51. The first kappa shape index (κ1) is 18.3. The van der Waals surface area contributed by atoms with E-state index in [0.717, 1.165) is 19.0 Å². The number of nitrogens with zero attached hydrogens (tertiary/aromatic N) is 2. The number of halogens is 1. The molecular formula is C17H23FN2O4S.